The van der Waals surface area contributed by atoms with Gasteiger partial charge in [-0.1, -0.05) is 23.2 Å². The third-order valence-corrected chi connectivity index (χ3v) is 3.82. The van der Waals surface area contributed by atoms with E-state index in [1.54, 1.807) is 6.07 Å². The lowest BCUT2D eigenvalue weighted by atomic mass is 10.2. The van der Waals surface area contributed by atoms with E-state index in [-0.39, 0.29) is 31.0 Å². The molecule has 1 unspecified atom stereocenters. The first-order chi connectivity index (χ1) is 9.73. The molecule has 3 nitrogen and oxygen atoms in total. The van der Waals surface area contributed by atoms with Gasteiger partial charge in [-0.3, -0.25) is 0 Å². The zero-order valence-corrected chi connectivity index (χ0v) is 12.4. The summed E-state index contributed by atoms with van der Waals surface area (Å²) in [6.07, 6.45) is -5.30. The Morgan fingerprint density at radius 3 is 2.52 bits per heavy atom. The molecule has 1 aliphatic carbocycles. The molecule has 0 radical (unpaired) electrons. The van der Waals surface area contributed by atoms with Gasteiger partial charge in [0.25, 0.3) is 0 Å². The highest BCUT2D eigenvalue weighted by atomic mass is 35.5. The van der Waals surface area contributed by atoms with E-state index in [9.17, 15) is 18.3 Å². The molecule has 0 aromatic heterocycles. The zero-order valence-electron chi connectivity index (χ0n) is 10.9. The average molecular weight is 344 g/mol. The quantitative estimate of drug-likeness (QED) is 0.831. The van der Waals surface area contributed by atoms with Gasteiger partial charge in [0.1, 0.15) is 24.0 Å². The Hall–Kier alpha value is -0.690. The number of rotatable bonds is 6. The van der Waals surface area contributed by atoms with Crippen LogP contribution in [0.5, 0.6) is 5.75 Å². The van der Waals surface area contributed by atoms with Crippen LogP contribution < -0.4 is 10.1 Å². The molecule has 1 atom stereocenters. The summed E-state index contributed by atoms with van der Waals surface area (Å²) >= 11 is 11.6. The predicted molar refractivity (Wildman–Crippen MR) is 74.0 cm³/mol. The number of nitrogens with one attached hydrogen (secondary N) is 1. The first-order valence-corrected chi connectivity index (χ1v) is 7.07. The van der Waals surface area contributed by atoms with Crippen LogP contribution in [0.2, 0.25) is 10.0 Å². The van der Waals surface area contributed by atoms with Crippen molar-refractivity contribution in [3.05, 3.63) is 28.2 Å². The minimum atomic E-state index is -4.30. The minimum Gasteiger partial charge on any atom is -0.489 e. The van der Waals surface area contributed by atoms with Gasteiger partial charge in [-0.25, -0.2) is 0 Å². The fourth-order valence-electron chi connectivity index (χ4n) is 1.84. The maximum atomic E-state index is 12.7. The molecule has 1 aliphatic rings. The smallest absolute Gasteiger partial charge is 0.406 e. The number of hydrogen-bond donors (Lipinski definition) is 2. The van der Waals surface area contributed by atoms with Gasteiger partial charge in [-0.2, -0.15) is 13.2 Å². The van der Waals surface area contributed by atoms with Crippen LogP contribution in [0.15, 0.2) is 18.2 Å². The first-order valence-electron chi connectivity index (χ1n) is 6.31. The highest BCUT2D eigenvalue weighted by molar-refractivity contribution is 6.35. The molecule has 0 aliphatic heterocycles. The van der Waals surface area contributed by atoms with E-state index in [4.69, 9.17) is 27.9 Å². The van der Waals surface area contributed by atoms with Gasteiger partial charge >= 0.3 is 6.18 Å². The maximum absolute atomic E-state index is 12.7. The second kappa shape index (κ2) is 6.20. The van der Waals surface area contributed by atoms with Crippen LogP contribution in [0.3, 0.4) is 0 Å². The largest absolute Gasteiger partial charge is 0.489 e. The first kappa shape index (κ1) is 16.7. The van der Waals surface area contributed by atoms with Crippen molar-refractivity contribution >= 4 is 23.2 Å². The molecule has 0 heterocycles. The number of alkyl halides is 3. The Kier molecular flexibility index (Phi) is 4.92. The molecule has 118 valence electrons. The van der Waals surface area contributed by atoms with Crippen LogP contribution >= 0.6 is 23.2 Å². The van der Waals surface area contributed by atoms with Crippen molar-refractivity contribution in [1.82, 2.24) is 5.32 Å². The van der Waals surface area contributed by atoms with E-state index >= 15 is 0 Å². The molecule has 0 bridgehead atoms. The van der Waals surface area contributed by atoms with Crippen molar-refractivity contribution in [1.29, 1.82) is 0 Å². The zero-order chi connectivity index (χ0) is 15.7. The summed E-state index contributed by atoms with van der Waals surface area (Å²) in [5, 5.41) is 12.8. The number of hydrogen-bond acceptors (Lipinski definition) is 3. The topological polar surface area (TPSA) is 41.5 Å². The molecule has 8 heteroatoms. The fourth-order valence-corrected chi connectivity index (χ4v) is 2.30. The summed E-state index contributed by atoms with van der Waals surface area (Å²) < 4.78 is 43.3. The van der Waals surface area contributed by atoms with Gasteiger partial charge in [0.2, 0.25) is 0 Å². The Morgan fingerprint density at radius 2 is 2.00 bits per heavy atom. The predicted octanol–water partition coefficient (Wildman–Crippen LogP) is 3.42. The van der Waals surface area contributed by atoms with Crippen molar-refractivity contribution < 1.29 is 23.0 Å². The van der Waals surface area contributed by atoms with E-state index in [2.05, 4.69) is 5.32 Å². The molecule has 0 spiro atoms. The van der Waals surface area contributed by atoms with E-state index in [0.29, 0.717) is 10.8 Å². The molecular weight excluding hydrogens is 330 g/mol. The molecule has 0 saturated heterocycles. The monoisotopic (exact) mass is 343 g/mol. The molecule has 21 heavy (non-hydrogen) atoms. The van der Waals surface area contributed by atoms with Gasteiger partial charge in [0.15, 0.2) is 0 Å². The maximum Gasteiger partial charge on any atom is 0.406 e. The number of ether oxygens (including phenoxy) is 1. The van der Waals surface area contributed by atoms with Crippen LogP contribution in [-0.2, 0) is 0 Å². The fraction of sp³-hybridized carbons (Fsp3) is 0.538. The summed E-state index contributed by atoms with van der Waals surface area (Å²) in [7, 11) is 0. The Bertz CT molecular complexity index is 507. The Morgan fingerprint density at radius 1 is 1.33 bits per heavy atom. The van der Waals surface area contributed by atoms with Gasteiger partial charge < -0.3 is 15.2 Å². The summed E-state index contributed by atoms with van der Waals surface area (Å²) in [5.41, 5.74) is -1.84. The number of benzene rings is 1. The van der Waals surface area contributed by atoms with E-state index in [0.717, 1.165) is 0 Å². The van der Waals surface area contributed by atoms with Crippen LogP contribution in [0, 0.1) is 0 Å². The number of halogens is 5. The van der Waals surface area contributed by atoms with E-state index in [1.807, 2.05) is 0 Å². The SMILES string of the molecule is OC(CNC1(C(F)(F)F)CC1)COc1ccc(Cl)cc1Cl. The summed E-state index contributed by atoms with van der Waals surface area (Å²) in [6.45, 7) is -0.368. The van der Waals surface area contributed by atoms with Crippen molar-refractivity contribution in [2.45, 2.75) is 30.7 Å². The summed E-state index contributed by atoms with van der Waals surface area (Å²) in [4.78, 5) is 0. The molecule has 1 saturated carbocycles. The number of β-amino-alcohol motifs (C(OH)–C–C–N with tert-alkyl or cyclic N) is 1. The third-order valence-electron chi connectivity index (χ3n) is 3.29. The average Bonchev–Trinajstić information content (AvgIpc) is 3.16. The van der Waals surface area contributed by atoms with E-state index < -0.39 is 17.8 Å². The number of aliphatic hydroxyl groups excluding tert-OH is 1. The van der Waals surface area contributed by atoms with Gasteiger partial charge in [-0.15, -0.1) is 0 Å². The normalized spacial score (nSPS) is 18.4. The Labute approximate surface area is 130 Å². The van der Waals surface area contributed by atoms with Crippen LogP contribution in [0.1, 0.15) is 12.8 Å². The molecule has 1 aromatic carbocycles. The second-order valence-electron chi connectivity index (χ2n) is 5.00. The Balaban J connectivity index is 1.79. The lowest BCUT2D eigenvalue weighted by Crippen LogP contribution is -2.48. The summed E-state index contributed by atoms with van der Waals surface area (Å²) in [6, 6.07) is 4.57. The molecule has 1 fully saturated rings. The minimum absolute atomic E-state index is 0.0348. The second-order valence-corrected chi connectivity index (χ2v) is 5.84. The summed E-state index contributed by atoms with van der Waals surface area (Å²) in [5.74, 6) is 0.317. The van der Waals surface area contributed by atoms with Crippen molar-refractivity contribution in [2.75, 3.05) is 13.2 Å². The van der Waals surface area contributed by atoms with Crippen LogP contribution in [-0.4, -0.2) is 36.1 Å². The van der Waals surface area contributed by atoms with E-state index in [1.165, 1.54) is 12.1 Å². The highest BCUT2D eigenvalue weighted by Crippen LogP contribution is 2.48. The van der Waals surface area contributed by atoms with Crippen LogP contribution in [0.4, 0.5) is 13.2 Å². The molecule has 0 amide bonds. The van der Waals surface area contributed by atoms with Gasteiger partial charge in [0.05, 0.1) is 5.02 Å². The molecule has 1 aromatic rings. The molecular formula is C13H14Cl2F3NO2. The van der Waals surface area contributed by atoms with Crippen molar-refractivity contribution in [3.8, 4) is 5.75 Å². The van der Waals surface area contributed by atoms with Crippen molar-refractivity contribution in [3.63, 3.8) is 0 Å². The highest BCUT2D eigenvalue weighted by Gasteiger charge is 2.63. The lowest BCUT2D eigenvalue weighted by Gasteiger charge is -2.22. The standard InChI is InChI=1S/C13H14Cl2F3NO2/c14-8-1-2-11(10(15)5-8)21-7-9(20)6-19-12(3-4-12)13(16,17)18/h1-2,5,9,19-20H,3-4,6-7H2. The third kappa shape index (κ3) is 4.16. The molecule has 2 N–H and O–H groups in total. The van der Waals surface area contributed by atoms with Crippen molar-refractivity contribution in [2.24, 2.45) is 0 Å². The van der Waals surface area contributed by atoms with Gasteiger partial charge in [-0.05, 0) is 31.0 Å². The lowest BCUT2D eigenvalue weighted by molar-refractivity contribution is -0.166. The number of aliphatic hydroxyl groups is 1. The van der Waals surface area contributed by atoms with Gasteiger partial charge in [0, 0.05) is 11.6 Å². The molecule has 2 rings (SSSR count). The van der Waals surface area contributed by atoms with Crippen LogP contribution in [0.25, 0.3) is 0 Å².